The number of hydrogen-bond donors (Lipinski definition) is 1. The Balaban J connectivity index is 3.00. The number of benzene rings is 1. The van der Waals surface area contributed by atoms with Crippen molar-refractivity contribution < 1.29 is 14.3 Å². The number of esters is 1. The van der Waals surface area contributed by atoms with E-state index in [1.165, 1.54) is 0 Å². The lowest BCUT2D eigenvalue weighted by atomic mass is 9.99. The maximum absolute atomic E-state index is 11.6. The second-order valence-corrected chi connectivity index (χ2v) is 3.65. The molecular formula is C13H19NO3. The van der Waals surface area contributed by atoms with Crippen LogP contribution in [0.15, 0.2) is 18.2 Å². The van der Waals surface area contributed by atoms with E-state index in [0.717, 1.165) is 23.3 Å². The third-order valence-electron chi connectivity index (χ3n) is 2.61. The minimum Gasteiger partial charge on any atom is -0.497 e. The molecule has 1 atom stereocenters. The van der Waals surface area contributed by atoms with E-state index < -0.39 is 12.0 Å². The van der Waals surface area contributed by atoms with E-state index in [1.54, 1.807) is 20.1 Å². The van der Waals surface area contributed by atoms with E-state index in [4.69, 9.17) is 15.2 Å². The highest BCUT2D eigenvalue weighted by Crippen LogP contribution is 2.23. The van der Waals surface area contributed by atoms with Crippen LogP contribution in [0.5, 0.6) is 5.75 Å². The summed E-state index contributed by atoms with van der Waals surface area (Å²) in [6, 6.07) is 4.79. The Morgan fingerprint density at radius 2 is 2.12 bits per heavy atom. The summed E-state index contributed by atoms with van der Waals surface area (Å²) < 4.78 is 10.1. The van der Waals surface area contributed by atoms with Gasteiger partial charge in [0.2, 0.25) is 0 Å². The second-order valence-electron chi connectivity index (χ2n) is 3.65. The number of ether oxygens (including phenoxy) is 2. The van der Waals surface area contributed by atoms with Gasteiger partial charge in [0.05, 0.1) is 13.7 Å². The van der Waals surface area contributed by atoms with Crippen molar-refractivity contribution in [2.24, 2.45) is 5.73 Å². The molecule has 0 heterocycles. The van der Waals surface area contributed by atoms with Gasteiger partial charge in [0, 0.05) is 0 Å². The third kappa shape index (κ3) is 3.20. The minimum absolute atomic E-state index is 0.337. The van der Waals surface area contributed by atoms with E-state index in [1.807, 2.05) is 19.1 Å². The predicted molar refractivity (Wildman–Crippen MR) is 65.9 cm³/mol. The number of carbonyl (C=O) groups excluding carboxylic acids is 1. The van der Waals surface area contributed by atoms with Crippen LogP contribution in [-0.4, -0.2) is 19.7 Å². The topological polar surface area (TPSA) is 61.5 Å². The van der Waals surface area contributed by atoms with E-state index in [-0.39, 0.29) is 0 Å². The van der Waals surface area contributed by atoms with Gasteiger partial charge in [-0.2, -0.15) is 0 Å². The maximum Gasteiger partial charge on any atom is 0.327 e. The first kappa shape index (κ1) is 13.5. The lowest BCUT2D eigenvalue weighted by molar-refractivity contribution is -0.144. The van der Waals surface area contributed by atoms with Crippen LogP contribution in [0.25, 0.3) is 0 Å². The van der Waals surface area contributed by atoms with Crippen LogP contribution < -0.4 is 10.5 Å². The highest BCUT2D eigenvalue weighted by Gasteiger charge is 2.19. The fourth-order valence-electron chi connectivity index (χ4n) is 1.68. The first-order chi connectivity index (χ1) is 8.13. The van der Waals surface area contributed by atoms with Crippen LogP contribution in [0, 0.1) is 0 Å². The Kier molecular flexibility index (Phi) is 4.97. The molecule has 1 aromatic carbocycles. The van der Waals surface area contributed by atoms with E-state index >= 15 is 0 Å². The number of hydrogen-bond acceptors (Lipinski definition) is 4. The number of carbonyl (C=O) groups is 1. The molecular weight excluding hydrogens is 218 g/mol. The summed E-state index contributed by atoms with van der Waals surface area (Å²) in [6.07, 6.45) is 0.791. The molecule has 0 bridgehead atoms. The van der Waals surface area contributed by atoms with Crippen LogP contribution in [0.1, 0.15) is 31.0 Å². The van der Waals surface area contributed by atoms with Crippen molar-refractivity contribution in [2.45, 2.75) is 26.3 Å². The Morgan fingerprint density at radius 1 is 1.41 bits per heavy atom. The Bertz CT molecular complexity index is 390. The van der Waals surface area contributed by atoms with Crippen LogP contribution in [0.4, 0.5) is 0 Å². The molecule has 0 aliphatic heterocycles. The zero-order valence-corrected chi connectivity index (χ0v) is 10.5. The molecule has 4 nitrogen and oxygen atoms in total. The van der Waals surface area contributed by atoms with Crippen molar-refractivity contribution >= 4 is 5.97 Å². The van der Waals surface area contributed by atoms with E-state index in [0.29, 0.717) is 6.61 Å². The minimum atomic E-state index is -0.726. The molecule has 0 amide bonds. The largest absolute Gasteiger partial charge is 0.497 e. The molecule has 0 aromatic heterocycles. The first-order valence-corrected chi connectivity index (χ1v) is 5.73. The summed E-state index contributed by atoms with van der Waals surface area (Å²) in [7, 11) is 1.61. The Morgan fingerprint density at radius 3 is 2.65 bits per heavy atom. The van der Waals surface area contributed by atoms with Crippen molar-refractivity contribution in [3.63, 3.8) is 0 Å². The van der Waals surface area contributed by atoms with Gasteiger partial charge in [-0.25, -0.2) is 4.79 Å². The van der Waals surface area contributed by atoms with Gasteiger partial charge in [-0.15, -0.1) is 0 Å². The normalized spacial score (nSPS) is 12.0. The standard InChI is InChI=1S/C13H19NO3/c1-4-9-8-10(16-3)6-7-11(9)12(14)13(15)17-5-2/h6-8,12H,4-5,14H2,1-3H3. The third-order valence-corrected chi connectivity index (χ3v) is 2.61. The zero-order chi connectivity index (χ0) is 12.8. The van der Waals surface area contributed by atoms with Crippen molar-refractivity contribution in [1.82, 2.24) is 0 Å². The fraction of sp³-hybridized carbons (Fsp3) is 0.462. The summed E-state index contributed by atoms with van der Waals surface area (Å²) in [4.78, 5) is 11.6. The zero-order valence-electron chi connectivity index (χ0n) is 10.5. The molecule has 2 N–H and O–H groups in total. The molecule has 4 heteroatoms. The van der Waals surface area contributed by atoms with Gasteiger partial charge in [-0.05, 0) is 36.6 Å². The van der Waals surface area contributed by atoms with Crippen LogP contribution in [-0.2, 0) is 16.0 Å². The predicted octanol–water partition coefficient (Wildman–Crippen LogP) is 1.82. The van der Waals surface area contributed by atoms with Gasteiger partial charge in [0.1, 0.15) is 11.8 Å². The van der Waals surface area contributed by atoms with Crippen LogP contribution in [0.3, 0.4) is 0 Å². The summed E-state index contributed by atoms with van der Waals surface area (Å²) in [6.45, 7) is 4.11. The molecule has 0 saturated carbocycles. The number of rotatable bonds is 5. The fourth-order valence-corrected chi connectivity index (χ4v) is 1.68. The van der Waals surface area contributed by atoms with Crippen molar-refractivity contribution in [3.05, 3.63) is 29.3 Å². The van der Waals surface area contributed by atoms with Gasteiger partial charge in [-0.1, -0.05) is 13.0 Å². The average molecular weight is 237 g/mol. The average Bonchev–Trinajstić information content (AvgIpc) is 2.37. The molecule has 0 aliphatic carbocycles. The number of aryl methyl sites for hydroxylation is 1. The molecule has 17 heavy (non-hydrogen) atoms. The molecule has 1 rings (SSSR count). The number of nitrogens with two attached hydrogens (primary N) is 1. The summed E-state index contributed by atoms with van der Waals surface area (Å²) >= 11 is 0. The Hall–Kier alpha value is -1.55. The van der Waals surface area contributed by atoms with Crippen LogP contribution in [0.2, 0.25) is 0 Å². The van der Waals surface area contributed by atoms with E-state index in [2.05, 4.69) is 0 Å². The monoisotopic (exact) mass is 237 g/mol. The summed E-state index contributed by atoms with van der Waals surface area (Å²) in [5, 5.41) is 0. The van der Waals surface area contributed by atoms with Crippen LogP contribution >= 0.6 is 0 Å². The molecule has 0 radical (unpaired) electrons. The molecule has 1 unspecified atom stereocenters. The van der Waals surface area contributed by atoms with Gasteiger partial charge in [0.15, 0.2) is 0 Å². The summed E-state index contributed by atoms with van der Waals surface area (Å²) in [5.74, 6) is 0.369. The molecule has 94 valence electrons. The van der Waals surface area contributed by atoms with Gasteiger partial charge < -0.3 is 15.2 Å². The molecule has 0 fully saturated rings. The Labute approximate surface area is 102 Å². The van der Waals surface area contributed by atoms with Crippen molar-refractivity contribution in [2.75, 3.05) is 13.7 Å². The molecule has 0 saturated heterocycles. The van der Waals surface area contributed by atoms with E-state index in [9.17, 15) is 4.79 Å². The lowest BCUT2D eigenvalue weighted by Crippen LogP contribution is -2.24. The second kappa shape index (κ2) is 6.25. The quantitative estimate of drug-likeness (QED) is 0.793. The number of methoxy groups -OCH3 is 1. The maximum atomic E-state index is 11.6. The van der Waals surface area contributed by atoms with Gasteiger partial charge in [-0.3, -0.25) is 0 Å². The summed E-state index contributed by atoms with van der Waals surface area (Å²) in [5.41, 5.74) is 7.68. The molecule has 0 aliphatic rings. The van der Waals surface area contributed by atoms with Gasteiger partial charge >= 0.3 is 5.97 Å². The SMILES string of the molecule is CCOC(=O)C(N)c1ccc(OC)cc1CC. The highest BCUT2D eigenvalue weighted by molar-refractivity contribution is 5.78. The van der Waals surface area contributed by atoms with Crippen molar-refractivity contribution in [1.29, 1.82) is 0 Å². The van der Waals surface area contributed by atoms with Crippen molar-refractivity contribution in [3.8, 4) is 5.75 Å². The van der Waals surface area contributed by atoms with Gasteiger partial charge in [0.25, 0.3) is 0 Å². The smallest absolute Gasteiger partial charge is 0.327 e. The highest BCUT2D eigenvalue weighted by atomic mass is 16.5. The molecule has 0 spiro atoms. The first-order valence-electron chi connectivity index (χ1n) is 5.73. The molecule has 1 aromatic rings. The lowest BCUT2D eigenvalue weighted by Gasteiger charge is -2.15.